The van der Waals surface area contributed by atoms with Crippen LogP contribution in [0.15, 0.2) is 24.3 Å². The number of aryl methyl sites for hydroxylation is 1. The van der Waals surface area contributed by atoms with Gasteiger partial charge in [-0.3, -0.25) is 4.79 Å². The van der Waals surface area contributed by atoms with E-state index in [4.69, 9.17) is 15.2 Å². The highest BCUT2D eigenvalue weighted by Gasteiger charge is 2.44. The van der Waals surface area contributed by atoms with Crippen LogP contribution in [-0.4, -0.2) is 24.7 Å². The van der Waals surface area contributed by atoms with Crippen molar-refractivity contribution < 1.29 is 14.3 Å². The molecule has 2 rings (SSSR count). The van der Waals surface area contributed by atoms with E-state index in [0.717, 1.165) is 25.0 Å². The average Bonchev–Trinajstić information content (AvgIpc) is 2.83. The topological polar surface area (TPSA) is 61.5 Å². The molecule has 0 bridgehead atoms. The summed E-state index contributed by atoms with van der Waals surface area (Å²) in [7, 11) is 1.37. The summed E-state index contributed by atoms with van der Waals surface area (Å²) >= 11 is 0. The molecule has 2 N–H and O–H groups in total. The first-order chi connectivity index (χ1) is 9.57. The number of benzene rings is 1. The normalized spacial score (nSPS) is 25.4. The highest BCUT2D eigenvalue weighted by Crippen LogP contribution is 2.32. The Kier molecular flexibility index (Phi) is 4.65. The Morgan fingerprint density at radius 1 is 1.40 bits per heavy atom. The zero-order valence-corrected chi connectivity index (χ0v) is 12.2. The number of carbonyl (C=O) groups is 1. The minimum Gasteiger partial charge on any atom is -0.490 e. The van der Waals surface area contributed by atoms with Gasteiger partial charge in [0.05, 0.1) is 7.11 Å². The van der Waals surface area contributed by atoms with Crippen LogP contribution < -0.4 is 10.5 Å². The second kappa shape index (κ2) is 6.27. The highest BCUT2D eigenvalue weighted by atomic mass is 16.5. The van der Waals surface area contributed by atoms with Crippen molar-refractivity contribution in [3.63, 3.8) is 0 Å². The van der Waals surface area contributed by atoms with Gasteiger partial charge in [-0.25, -0.2) is 0 Å². The molecule has 2 atom stereocenters. The van der Waals surface area contributed by atoms with Crippen LogP contribution in [0.2, 0.25) is 0 Å². The van der Waals surface area contributed by atoms with Crippen LogP contribution in [0.1, 0.15) is 38.2 Å². The van der Waals surface area contributed by atoms with Gasteiger partial charge in [-0.1, -0.05) is 25.5 Å². The van der Waals surface area contributed by atoms with Crippen LogP contribution in [-0.2, 0) is 16.0 Å². The summed E-state index contributed by atoms with van der Waals surface area (Å²) in [6, 6.07) is 8.15. The van der Waals surface area contributed by atoms with Gasteiger partial charge >= 0.3 is 5.97 Å². The van der Waals surface area contributed by atoms with Crippen LogP contribution in [0.5, 0.6) is 5.75 Å². The van der Waals surface area contributed by atoms with Crippen LogP contribution in [0.3, 0.4) is 0 Å². The van der Waals surface area contributed by atoms with Gasteiger partial charge in [0, 0.05) is 6.42 Å². The van der Waals surface area contributed by atoms with E-state index in [9.17, 15) is 4.79 Å². The summed E-state index contributed by atoms with van der Waals surface area (Å²) in [5, 5.41) is 0. The monoisotopic (exact) mass is 277 g/mol. The van der Waals surface area contributed by atoms with E-state index >= 15 is 0 Å². The first kappa shape index (κ1) is 14.9. The number of hydrogen-bond donors (Lipinski definition) is 1. The lowest BCUT2D eigenvalue weighted by atomic mass is 10.00. The fraction of sp³-hybridized carbons (Fsp3) is 0.562. The van der Waals surface area contributed by atoms with Crippen molar-refractivity contribution in [1.29, 1.82) is 0 Å². The molecule has 4 heteroatoms. The van der Waals surface area contributed by atoms with E-state index in [1.807, 2.05) is 12.1 Å². The maximum absolute atomic E-state index is 11.6. The van der Waals surface area contributed by atoms with E-state index in [1.54, 1.807) is 0 Å². The Labute approximate surface area is 120 Å². The number of hydrogen-bond acceptors (Lipinski definition) is 4. The number of nitrogens with two attached hydrogens (primary N) is 1. The maximum Gasteiger partial charge on any atom is 0.325 e. The second-order valence-electron chi connectivity index (χ2n) is 5.52. The molecule has 20 heavy (non-hydrogen) atoms. The fourth-order valence-corrected chi connectivity index (χ4v) is 2.73. The first-order valence-electron chi connectivity index (χ1n) is 7.20. The average molecular weight is 277 g/mol. The summed E-state index contributed by atoms with van der Waals surface area (Å²) < 4.78 is 10.7. The molecular weight excluding hydrogens is 254 g/mol. The van der Waals surface area contributed by atoms with Gasteiger partial charge in [-0.2, -0.15) is 0 Å². The lowest BCUT2D eigenvalue weighted by molar-refractivity contribution is -0.147. The molecule has 0 spiro atoms. The van der Waals surface area contributed by atoms with Gasteiger partial charge in [0.25, 0.3) is 0 Å². The van der Waals surface area contributed by atoms with Gasteiger partial charge in [0.15, 0.2) is 0 Å². The van der Waals surface area contributed by atoms with E-state index in [2.05, 4.69) is 19.1 Å². The zero-order valence-electron chi connectivity index (χ0n) is 12.2. The maximum atomic E-state index is 11.6. The summed E-state index contributed by atoms with van der Waals surface area (Å²) in [6.45, 7) is 2.16. The number of carbonyl (C=O) groups excluding carboxylic acids is 1. The molecule has 1 aliphatic rings. The van der Waals surface area contributed by atoms with Crippen molar-refractivity contribution in [2.24, 2.45) is 5.73 Å². The van der Waals surface area contributed by atoms with Gasteiger partial charge in [0.2, 0.25) is 0 Å². The predicted octanol–water partition coefficient (Wildman–Crippen LogP) is 2.44. The molecule has 4 nitrogen and oxygen atoms in total. The van der Waals surface area contributed by atoms with Crippen molar-refractivity contribution in [2.75, 3.05) is 7.11 Å². The number of ether oxygens (including phenoxy) is 2. The van der Waals surface area contributed by atoms with E-state index in [0.29, 0.717) is 12.8 Å². The predicted molar refractivity (Wildman–Crippen MR) is 77.6 cm³/mol. The van der Waals surface area contributed by atoms with Crippen molar-refractivity contribution in [3.05, 3.63) is 29.8 Å². The van der Waals surface area contributed by atoms with Crippen LogP contribution in [0, 0.1) is 0 Å². The van der Waals surface area contributed by atoms with E-state index in [1.165, 1.54) is 12.7 Å². The van der Waals surface area contributed by atoms with E-state index < -0.39 is 5.54 Å². The number of esters is 1. The lowest BCUT2D eigenvalue weighted by Crippen LogP contribution is -2.47. The van der Waals surface area contributed by atoms with Crippen LogP contribution in [0.25, 0.3) is 0 Å². The molecule has 1 fully saturated rings. The van der Waals surface area contributed by atoms with Crippen LogP contribution in [0.4, 0.5) is 0 Å². The SMILES string of the molecule is CCCc1ccc(OC2CCC(N)(C(=O)OC)C2)cc1. The Morgan fingerprint density at radius 2 is 2.10 bits per heavy atom. The van der Waals surface area contributed by atoms with Gasteiger partial charge < -0.3 is 15.2 Å². The van der Waals surface area contributed by atoms with Gasteiger partial charge in [0.1, 0.15) is 17.4 Å². The van der Waals surface area contributed by atoms with Gasteiger partial charge in [-0.15, -0.1) is 0 Å². The third kappa shape index (κ3) is 3.31. The summed E-state index contributed by atoms with van der Waals surface area (Å²) in [6.07, 6.45) is 4.10. The molecule has 110 valence electrons. The molecule has 0 amide bonds. The van der Waals surface area contributed by atoms with Crippen molar-refractivity contribution in [1.82, 2.24) is 0 Å². The molecule has 2 unspecified atom stereocenters. The third-order valence-corrected chi connectivity index (χ3v) is 3.86. The Balaban J connectivity index is 1.93. The Bertz CT molecular complexity index is 457. The highest BCUT2D eigenvalue weighted by molar-refractivity contribution is 5.80. The zero-order chi connectivity index (χ0) is 14.6. The molecule has 0 saturated heterocycles. The van der Waals surface area contributed by atoms with Gasteiger partial charge in [-0.05, 0) is 37.0 Å². The standard InChI is InChI=1S/C16H23NO3/c1-3-4-12-5-7-13(8-6-12)20-14-9-10-16(17,11-14)15(18)19-2/h5-8,14H,3-4,9-11,17H2,1-2H3. The summed E-state index contributed by atoms with van der Waals surface area (Å²) in [5.74, 6) is 0.492. The molecular formula is C16H23NO3. The molecule has 1 aliphatic carbocycles. The molecule has 1 aromatic carbocycles. The van der Waals surface area contributed by atoms with Crippen LogP contribution >= 0.6 is 0 Å². The largest absolute Gasteiger partial charge is 0.490 e. The molecule has 0 radical (unpaired) electrons. The Morgan fingerprint density at radius 3 is 2.70 bits per heavy atom. The molecule has 0 aliphatic heterocycles. The molecule has 0 aromatic heterocycles. The first-order valence-corrected chi connectivity index (χ1v) is 7.20. The minimum absolute atomic E-state index is 0.0175. The quantitative estimate of drug-likeness (QED) is 0.840. The molecule has 1 saturated carbocycles. The summed E-state index contributed by atoms with van der Waals surface area (Å²) in [5.41, 5.74) is 6.49. The van der Waals surface area contributed by atoms with Crippen molar-refractivity contribution in [3.8, 4) is 5.75 Å². The van der Waals surface area contributed by atoms with Crippen molar-refractivity contribution in [2.45, 2.75) is 50.7 Å². The second-order valence-corrected chi connectivity index (χ2v) is 5.52. The Hall–Kier alpha value is -1.55. The summed E-state index contributed by atoms with van der Waals surface area (Å²) in [4.78, 5) is 11.6. The smallest absolute Gasteiger partial charge is 0.325 e. The van der Waals surface area contributed by atoms with Crippen molar-refractivity contribution >= 4 is 5.97 Å². The number of methoxy groups -OCH3 is 1. The van der Waals surface area contributed by atoms with E-state index in [-0.39, 0.29) is 12.1 Å². The molecule has 0 heterocycles. The molecule has 1 aromatic rings. The number of rotatable bonds is 5. The lowest BCUT2D eigenvalue weighted by Gasteiger charge is -2.20. The minimum atomic E-state index is -0.887. The fourth-order valence-electron chi connectivity index (χ4n) is 2.73. The third-order valence-electron chi connectivity index (χ3n) is 3.86.